The summed E-state index contributed by atoms with van der Waals surface area (Å²) in [6.07, 6.45) is 2.58. The normalized spacial score (nSPS) is 14.8. The summed E-state index contributed by atoms with van der Waals surface area (Å²) < 4.78 is 0. The molecule has 0 radical (unpaired) electrons. The smallest absolute Gasteiger partial charge is 0.269 e. The lowest BCUT2D eigenvalue weighted by Crippen LogP contribution is -2.23. The fourth-order valence-electron chi connectivity index (χ4n) is 1.47. The van der Waals surface area contributed by atoms with Gasteiger partial charge in [0.1, 0.15) is 0 Å². The van der Waals surface area contributed by atoms with E-state index in [1.807, 2.05) is 0 Å². The summed E-state index contributed by atoms with van der Waals surface area (Å²) >= 11 is 0. The van der Waals surface area contributed by atoms with Crippen molar-refractivity contribution in [3.63, 3.8) is 0 Å². The molecule has 0 saturated heterocycles. The number of non-ortho nitro benzene ring substituents is 1. The number of benzene rings is 1. The predicted octanol–water partition coefficient (Wildman–Crippen LogP) is 1.76. The third kappa shape index (κ3) is 3.20. The van der Waals surface area contributed by atoms with Gasteiger partial charge in [-0.25, -0.2) is 0 Å². The number of nitro benzene ring substituents is 1. The predicted molar refractivity (Wildman–Crippen MR) is 62.6 cm³/mol. The number of nitro groups is 1. The van der Waals surface area contributed by atoms with Crippen LogP contribution in [0.2, 0.25) is 0 Å². The molecule has 0 unspecified atom stereocenters. The van der Waals surface area contributed by atoms with Crippen molar-refractivity contribution in [3.8, 4) is 0 Å². The molecule has 0 bridgehead atoms. The van der Waals surface area contributed by atoms with Crippen molar-refractivity contribution in [2.24, 2.45) is 0 Å². The molecule has 1 aliphatic rings. The van der Waals surface area contributed by atoms with E-state index in [1.54, 1.807) is 12.1 Å². The highest BCUT2D eigenvalue weighted by atomic mass is 16.6. The Bertz CT molecular complexity index is 360. The van der Waals surface area contributed by atoms with Crippen molar-refractivity contribution in [3.05, 3.63) is 34.4 Å². The Morgan fingerprint density at radius 1 is 1.25 bits per heavy atom. The minimum absolute atomic E-state index is 0.127. The lowest BCUT2D eigenvalue weighted by atomic mass is 10.3. The lowest BCUT2D eigenvalue weighted by Gasteiger charge is -2.06. The molecular formula is C11H15N3O2. The largest absolute Gasteiger partial charge is 0.384 e. The van der Waals surface area contributed by atoms with Crippen molar-refractivity contribution in [2.75, 3.05) is 18.4 Å². The summed E-state index contributed by atoms with van der Waals surface area (Å²) in [6.45, 7) is 1.77. The van der Waals surface area contributed by atoms with E-state index in [4.69, 9.17) is 0 Å². The molecule has 1 fully saturated rings. The van der Waals surface area contributed by atoms with Gasteiger partial charge in [-0.05, 0) is 25.0 Å². The SMILES string of the molecule is O=[N+]([O-])c1ccc(NCCNC2CC2)cc1. The molecule has 5 nitrogen and oxygen atoms in total. The van der Waals surface area contributed by atoms with E-state index in [0.29, 0.717) is 0 Å². The third-order valence-corrected chi connectivity index (χ3v) is 2.54. The summed E-state index contributed by atoms with van der Waals surface area (Å²) in [7, 11) is 0. The quantitative estimate of drug-likeness (QED) is 0.436. The van der Waals surface area contributed by atoms with Gasteiger partial charge >= 0.3 is 0 Å². The summed E-state index contributed by atoms with van der Waals surface area (Å²) in [5.74, 6) is 0. The van der Waals surface area contributed by atoms with E-state index in [-0.39, 0.29) is 5.69 Å². The second-order valence-electron chi connectivity index (χ2n) is 3.96. The lowest BCUT2D eigenvalue weighted by molar-refractivity contribution is -0.384. The minimum atomic E-state index is -0.390. The first kappa shape index (κ1) is 10.9. The first-order valence-corrected chi connectivity index (χ1v) is 5.47. The van der Waals surface area contributed by atoms with E-state index in [1.165, 1.54) is 25.0 Å². The van der Waals surface area contributed by atoms with Crippen molar-refractivity contribution in [2.45, 2.75) is 18.9 Å². The second-order valence-corrected chi connectivity index (χ2v) is 3.96. The van der Waals surface area contributed by atoms with Crippen LogP contribution in [0, 0.1) is 10.1 Å². The molecule has 0 aliphatic heterocycles. The van der Waals surface area contributed by atoms with Crippen LogP contribution in [0.5, 0.6) is 0 Å². The molecule has 1 aliphatic carbocycles. The Hall–Kier alpha value is -1.62. The van der Waals surface area contributed by atoms with Crippen LogP contribution in [0.15, 0.2) is 24.3 Å². The van der Waals surface area contributed by atoms with E-state index in [0.717, 1.165) is 24.8 Å². The number of nitrogens with zero attached hydrogens (tertiary/aromatic N) is 1. The van der Waals surface area contributed by atoms with Gasteiger partial charge < -0.3 is 10.6 Å². The van der Waals surface area contributed by atoms with Gasteiger partial charge in [-0.1, -0.05) is 0 Å². The minimum Gasteiger partial charge on any atom is -0.384 e. The monoisotopic (exact) mass is 221 g/mol. The number of hydrogen-bond donors (Lipinski definition) is 2. The maximum Gasteiger partial charge on any atom is 0.269 e. The Labute approximate surface area is 94.0 Å². The maximum absolute atomic E-state index is 10.4. The molecule has 1 aromatic rings. The van der Waals surface area contributed by atoms with Gasteiger partial charge in [0.25, 0.3) is 5.69 Å². The van der Waals surface area contributed by atoms with Crippen LogP contribution >= 0.6 is 0 Å². The molecule has 0 spiro atoms. The molecule has 0 atom stereocenters. The van der Waals surface area contributed by atoms with Crippen LogP contribution in [0.4, 0.5) is 11.4 Å². The number of nitrogens with one attached hydrogen (secondary N) is 2. The second kappa shape index (κ2) is 4.94. The van der Waals surface area contributed by atoms with Gasteiger partial charge in [0.2, 0.25) is 0 Å². The molecule has 2 rings (SSSR count). The van der Waals surface area contributed by atoms with Gasteiger partial charge in [-0.15, -0.1) is 0 Å². The zero-order chi connectivity index (χ0) is 11.4. The number of anilines is 1. The number of rotatable bonds is 6. The third-order valence-electron chi connectivity index (χ3n) is 2.54. The molecule has 1 aromatic carbocycles. The van der Waals surface area contributed by atoms with Crippen molar-refractivity contribution in [1.82, 2.24) is 5.32 Å². The van der Waals surface area contributed by atoms with Crippen LogP contribution in [-0.2, 0) is 0 Å². The van der Waals surface area contributed by atoms with Gasteiger partial charge in [-0.2, -0.15) is 0 Å². The molecule has 2 N–H and O–H groups in total. The van der Waals surface area contributed by atoms with E-state index >= 15 is 0 Å². The van der Waals surface area contributed by atoms with Crippen LogP contribution in [0.1, 0.15) is 12.8 Å². The fourth-order valence-corrected chi connectivity index (χ4v) is 1.47. The maximum atomic E-state index is 10.4. The molecular weight excluding hydrogens is 206 g/mol. The van der Waals surface area contributed by atoms with Gasteiger partial charge in [-0.3, -0.25) is 10.1 Å². The Morgan fingerprint density at radius 2 is 1.94 bits per heavy atom. The zero-order valence-electron chi connectivity index (χ0n) is 8.98. The molecule has 0 aromatic heterocycles. The highest BCUT2D eigenvalue weighted by Gasteiger charge is 2.19. The van der Waals surface area contributed by atoms with Gasteiger partial charge in [0.05, 0.1) is 4.92 Å². The van der Waals surface area contributed by atoms with Crippen molar-refractivity contribution in [1.29, 1.82) is 0 Å². The van der Waals surface area contributed by atoms with Gasteiger partial charge in [0.15, 0.2) is 0 Å². The molecule has 0 amide bonds. The van der Waals surface area contributed by atoms with Crippen LogP contribution in [-0.4, -0.2) is 24.1 Å². The number of hydrogen-bond acceptors (Lipinski definition) is 4. The highest BCUT2D eigenvalue weighted by molar-refractivity contribution is 5.48. The molecule has 86 valence electrons. The van der Waals surface area contributed by atoms with E-state index in [2.05, 4.69) is 10.6 Å². The van der Waals surface area contributed by atoms with Crippen LogP contribution < -0.4 is 10.6 Å². The summed E-state index contributed by atoms with van der Waals surface area (Å²) in [6, 6.07) is 7.20. The van der Waals surface area contributed by atoms with Gasteiger partial charge in [0, 0.05) is 37.0 Å². The summed E-state index contributed by atoms with van der Waals surface area (Å²) in [5.41, 5.74) is 1.05. The molecule has 5 heteroatoms. The average molecular weight is 221 g/mol. The summed E-state index contributed by atoms with van der Waals surface area (Å²) in [5, 5.41) is 17.0. The van der Waals surface area contributed by atoms with Crippen LogP contribution in [0.25, 0.3) is 0 Å². The first-order chi connectivity index (χ1) is 7.75. The molecule has 0 heterocycles. The first-order valence-electron chi connectivity index (χ1n) is 5.47. The van der Waals surface area contributed by atoms with E-state index in [9.17, 15) is 10.1 Å². The summed E-state index contributed by atoms with van der Waals surface area (Å²) in [4.78, 5) is 10.0. The molecule has 16 heavy (non-hydrogen) atoms. The van der Waals surface area contributed by atoms with Crippen molar-refractivity contribution >= 4 is 11.4 Å². The topological polar surface area (TPSA) is 67.2 Å². The van der Waals surface area contributed by atoms with Crippen LogP contribution in [0.3, 0.4) is 0 Å². The Morgan fingerprint density at radius 3 is 2.50 bits per heavy atom. The fraction of sp³-hybridized carbons (Fsp3) is 0.455. The standard InChI is InChI=1S/C11H15N3O2/c15-14(16)11-5-3-10(4-6-11)13-8-7-12-9-1-2-9/h3-6,9,12-13H,1-2,7-8H2. The highest BCUT2D eigenvalue weighted by Crippen LogP contribution is 2.18. The molecule has 1 saturated carbocycles. The Kier molecular flexibility index (Phi) is 3.36. The Balaban J connectivity index is 1.73. The average Bonchev–Trinajstić information content (AvgIpc) is 3.09. The zero-order valence-corrected chi connectivity index (χ0v) is 8.98. The van der Waals surface area contributed by atoms with Crippen molar-refractivity contribution < 1.29 is 4.92 Å². The van der Waals surface area contributed by atoms with E-state index < -0.39 is 4.92 Å².